The van der Waals surface area contributed by atoms with E-state index >= 15 is 0 Å². The molecule has 0 fully saturated rings. The monoisotopic (exact) mass is 359 g/mol. The van der Waals surface area contributed by atoms with Crippen LogP contribution in [0.2, 0.25) is 5.02 Å². The first-order valence-corrected chi connectivity index (χ1v) is 7.90. The van der Waals surface area contributed by atoms with Gasteiger partial charge in [0.25, 0.3) is 5.91 Å². The highest BCUT2D eigenvalue weighted by Crippen LogP contribution is 2.16. The third kappa shape index (κ3) is 5.06. The maximum atomic E-state index is 12.1. The minimum Gasteiger partial charge on any atom is -0.345 e. The van der Waals surface area contributed by atoms with Crippen molar-refractivity contribution in [3.8, 4) is 0 Å². The normalized spacial score (nSPS) is 10.0. The van der Waals surface area contributed by atoms with Crippen molar-refractivity contribution in [2.75, 3.05) is 19.4 Å². The third-order valence-corrected chi connectivity index (χ3v) is 3.64. The number of carbonyl (C=O) groups is 3. The van der Waals surface area contributed by atoms with Crippen molar-refractivity contribution >= 4 is 35.0 Å². The van der Waals surface area contributed by atoms with Crippen molar-refractivity contribution in [2.45, 2.75) is 6.54 Å². The van der Waals surface area contributed by atoms with Gasteiger partial charge >= 0.3 is 11.8 Å². The molecule has 0 bridgehead atoms. The lowest BCUT2D eigenvalue weighted by molar-refractivity contribution is -0.136. The van der Waals surface area contributed by atoms with Crippen LogP contribution >= 0.6 is 11.6 Å². The van der Waals surface area contributed by atoms with E-state index in [-0.39, 0.29) is 18.1 Å². The molecule has 0 aliphatic carbocycles. The zero-order valence-corrected chi connectivity index (χ0v) is 14.6. The zero-order chi connectivity index (χ0) is 18.4. The lowest BCUT2D eigenvalue weighted by atomic mass is 10.1. The number of para-hydroxylation sites is 1. The van der Waals surface area contributed by atoms with E-state index in [9.17, 15) is 14.4 Å². The summed E-state index contributed by atoms with van der Waals surface area (Å²) in [5.74, 6) is -1.90. The first kappa shape index (κ1) is 18.5. The smallest absolute Gasteiger partial charge is 0.313 e. The quantitative estimate of drug-likeness (QED) is 0.822. The second-order valence-corrected chi connectivity index (χ2v) is 5.94. The summed E-state index contributed by atoms with van der Waals surface area (Å²) in [6.07, 6.45) is 0. The van der Waals surface area contributed by atoms with Gasteiger partial charge in [0.05, 0.1) is 11.3 Å². The van der Waals surface area contributed by atoms with Crippen molar-refractivity contribution < 1.29 is 14.4 Å². The summed E-state index contributed by atoms with van der Waals surface area (Å²) in [7, 11) is 3.22. The third-order valence-electron chi connectivity index (χ3n) is 3.38. The van der Waals surface area contributed by atoms with E-state index in [0.717, 1.165) is 5.56 Å². The van der Waals surface area contributed by atoms with Crippen molar-refractivity contribution in [2.24, 2.45) is 0 Å². The Morgan fingerprint density at radius 3 is 2.24 bits per heavy atom. The van der Waals surface area contributed by atoms with Crippen LogP contribution in [0.4, 0.5) is 5.69 Å². The maximum Gasteiger partial charge on any atom is 0.313 e. The van der Waals surface area contributed by atoms with Gasteiger partial charge in [0, 0.05) is 25.7 Å². The van der Waals surface area contributed by atoms with Crippen LogP contribution in [-0.4, -0.2) is 36.7 Å². The van der Waals surface area contributed by atoms with E-state index in [0.29, 0.717) is 10.6 Å². The average Bonchev–Trinajstić information content (AvgIpc) is 2.60. The molecular weight excluding hydrogens is 342 g/mol. The minimum absolute atomic E-state index is 0.196. The number of amides is 3. The average molecular weight is 360 g/mol. The first-order chi connectivity index (χ1) is 11.9. The standard InChI is InChI=1S/C18H18ClN3O3/c1-22(2)18(25)14-5-3-4-6-15(14)21-17(24)16(23)20-11-12-7-9-13(19)10-8-12/h3-10H,11H2,1-2H3,(H,20,23)(H,21,24). The van der Waals surface area contributed by atoms with Gasteiger partial charge in [0.2, 0.25) is 0 Å². The first-order valence-electron chi connectivity index (χ1n) is 7.53. The molecule has 0 aliphatic rings. The number of halogens is 1. The highest BCUT2D eigenvalue weighted by Gasteiger charge is 2.18. The Balaban J connectivity index is 2.00. The van der Waals surface area contributed by atoms with E-state index in [4.69, 9.17) is 11.6 Å². The van der Waals surface area contributed by atoms with Crippen LogP contribution in [-0.2, 0) is 16.1 Å². The molecule has 0 saturated heterocycles. The Bertz CT molecular complexity index is 788. The van der Waals surface area contributed by atoms with Crippen molar-refractivity contribution in [1.82, 2.24) is 10.2 Å². The number of carbonyl (C=O) groups excluding carboxylic acids is 3. The summed E-state index contributed by atoms with van der Waals surface area (Å²) in [6, 6.07) is 13.4. The largest absolute Gasteiger partial charge is 0.345 e. The molecule has 0 heterocycles. The lowest BCUT2D eigenvalue weighted by Crippen LogP contribution is -2.35. The number of hydrogen-bond acceptors (Lipinski definition) is 3. The van der Waals surface area contributed by atoms with Crippen molar-refractivity contribution in [1.29, 1.82) is 0 Å². The molecule has 3 amide bonds. The Morgan fingerprint density at radius 1 is 0.960 bits per heavy atom. The predicted octanol–water partition coefficient (Wildman–Crippen LogP) is 2.30. The molecule has 0 atom stereocenters. The number of hydrogen-bond donors (Lipinski definition) is 2. The Kier molecular flexibility index (Phi) is 6.14. The van der Waals surface area contributed by atoms with Crippen molar-refractivity contribution in [3.63, 3.8) is 0 Å². The number of anilines is 1. The van der Waals surface area contributed by atoms with Gasteiger partial charge in [0.15, 0.2) is 0 Å². The number of rotatable bonds is 4. The van der Waals surface area contributed by atoms with Crippen LogP contribution in [0, 0.1) is 0 Å². The fourth-order valence-electron chi connectivity index (χ4n) is 2.06. The van der Waals surface area contributed by atoms with Gasteiger partial charge in [-0.2, -0.15) is 0 Å². The molecule has 25 heavy (non-hydrogen) atoms. The maximum absolute atomic E-state index is 12.1. The van der Waals surface area contributed by atoms with E-state index in [1.165, 1.54) is 4.90 Å². The Hall–Kier alpha value is -2.86. The van der Waals surface area contributed by atoms with Crippen LogP contribution < -0.4 is 10.6 Å². The van der Waals surface area contributed by atoms with Gasteiger partial charge in [-0.15, -0.1) is 0 Å². The number of nitrogens with zero attached hydrogens (tertiary/aromatic N) is 1. The van der Waals surface area contributed by atoms with E-state index in [1.54, 1.807) is 62.6 Å². The van der Waals surface area contributed by atoms with Gasteiger partial charge in [-0.25, -0.2) is 0 Å². The summed E-state index contributed by atoms with van der Waals surface area (Å²) in [6.45, 7) is 0.196. The number of nitrogens with one attached hydrogen (secondary N) is 2. The summed E-state index contributed by atoms with van der Waals surface area (Å²) in [5, 5.41) is 5.58. The summed E-state index contributed by atoms with van der Waals surface area (Å²) in [5.41, 5.74) is 1.41. The molecule has 6 nitrogen and oxygen atoms in total. The number of benzene rings is 2. The highest BCUT2D eigenvalue weighted by molar-refractivity contribution is 6.40. The van der Waals surface area contributed by atoms with Crippen LogP contribution in [0.15, 0.2) is 48.5 Å². The van der Waals surface area contributed by atoms with E-state index < -0.39 is 11.8 Å². The molecule has 7 heteroatoms. The minimum atomic E-state index is -0.840. The molecule has 2 aromatic carbocycles. The predicted molar refractivity (Wildman–Crippen MR) is 96.4 cm³/mol. The molecule has 0 aliphatic heterocycles. The molecule has 0 spiro atoms. The molecule has 0 saturated carbocycles. The molecule has 0 aromatic heterocycles. The lowest BCUT2D eigenvalue weighted by Gasteiger charge is -2.14. The fourth-order valence-corrected chi connectivity index (χ4v) is 2.19. The summed E-state index contributed by atoms with van der Waals surface area (Å²) < 4.78 is 0. The molecule has 0 radical (unpaired) electrons. The van der Waals surface area contributed by atoms with Gasteiger partial charge in [0.1, 0.15) is 0 Å². The van der Waals surface area contributed by atoms with Crippen LogP contribution in [0.25, 0.3) is 0 Å². The molecule has 130 valence electrons. The van der Waals surface area contributed by atoms with Gasteiger partial charge in [-0.1, -0.05) is 35.9 Å². The molecular formula is C18H18ClN3O3. The zero-order valence-electron chi connectivity index (χ0n) is 13.9. The SMILES string of the molecule is CN(C)C(=O)c1ccccc1NC(=O)C(=O)NCc1ccc(Cl)cc1. The van der Waals surface area contributed by atoms with Crippen LogP contribution in [0.1, 0.15) is 15.9 Å². The van der Waals surface area contributed by atoms with Gasteiger partial charge in [-0.05, 0) is 29.8 Å². The molecule has 0 unspecified atom stereocenters. The Labute approximate surface area is 150 Å². The second kappa shape index (κ2) is 8.30. The topological polar surface area (TPSA) is 78.5 Å². The molecule has 2 aromatic rings. The molecule has 2 rings (SSSR count). The van der Waals surface area contributed by atoms with E-state index in [2.05, 4.69) is 10.6 Å². The summed E-state index contributed by atoms with van der Waals surface area (Å²) in [4.78, 5) is 37.5. The summed E-state index contributed by atoms with van der Waals surface area (Å²) >= 11 is 5.80. The van der Waals surface area contributed by atoms with Crippen LogP contribution in [0.3, 0.4) is 0 Å². The van der Waals surface area contributed by atoms with Crippen molar-refractivity contribution in [3.05, 3.63) is 64.7 Å². The molecule has 2 N–H and O–H groups in total. The second-order valence-electron chi connectivity index (χ2n) is 5.51. The van der Waals surface area contributed by atoms with E-state index in [1.807, 2.05) is 0 Å². The van der Waals surface area contributed by atoms with Gasteiger partial charge < -0.3 is 15.5 Å². The Morgan fingerprint density at radius 2 is 1.60 bits per heavy atom. The van der Waals surface area contributed by atoms with Gasteiger partial charge in [-0.3, -0.25) is 14.4 Å². The van der Waals surface area contributed by atoms with Crippen LogP contribution in [0.5, 0.6) is 0 Å². The highest BCUT2D eigenvalue weighted by atomic mass is 35.5. The fraction of sp³-hybridized carbons (Fsp3) is 0.167.